The molecule has 0 saturated carbocycles. The fourth-order valence-corrected chi connectivity index (χ4v) is 1.30. The summed E-state index contributed by atoms with van der Waals surface area (Å²) in [4.78, 5) is 25.1. The van der Waals surface area contributed by atoms with E-state index in [0.29, 0.717) is 5.56 Å². The van der Waals surface area contributed by atoms with Crippen LogP contribution in [-0.4, -0.2) is 29.5 Å². The van der Waals surface area contributed by atoms with Gasteiger partial charge in [-0.25, -0.2) is 4.98 Å². The van der Waals surface area contributed by atoms with E-state index in [-0.39, 0.29) is 30.4 Å². The van der Waals surface area contributed by atoms with Gasteiger partial charge in [0, 0.05) is 18.3 Å². The molecule has 1 aromatic rings. The van der Waals surface area contributed by atoms with Crippen LogP contribution in [0.4, 0.5) is 11.5 Å². The van der Waals surface area contributed by atoms with E-state index in [1.54, 1.807) is 13.0 Å². The number of nitro groups is 1. The molecule has 17 heavy (non-hydrogen) atoms. The van der Waals surface area contributed by atoms with Crippen molar-refractivity contribution in [3.05, 3.63) is 27.9 Å². The molecule has 0 radical (unpaired) electrons. The van der Waals surface area contributed by atoms with Crippen molar-refractivity contribution in [3.8, 4) is 0 Å². The lowest BCUT2D eigenvalue weighted by Gasteiger charge is -2.06. The molecular formula is C10H13N3O4. The number of carbonyl (C=O) groups excluding carboxylic acids is 1. The maximum atomic E-state index is 10.9. The molecule has 0 fully saturated rings. The molecule has 7 heteroatoms. The molecule has 0 aliphatic rings. The number of ether oxygens (including phenoxy) is 1. The fraction of sp³-hybridized carbons (Fsp3) is 0.400. The maximum absolute atomic E-state index is 10.9. The van der Waals surface area contributed by atoms with Gasteiger partial charge in [0.15, 0.2) is 0 Å². The van der Waals surface area contributed by atoms with Crippen LogP contribution in [0, 0.1) is 17.0 Å². The van der Waals surface area contributed by atoms with Crippen molar-refractivity contribution < 1.29 is 14.5 Å². The van der Waals surface area contributed by atoms with Crippen LogP contribution in [0.15, 0.2) is 12.3 Å². The fourth-order valence-electron chi connectivity index (χ4n) is 1.30. The highest BCUT2D eigenvalue weighted by molar-refractivity contribution is 5.70. The van der Waals surface area contributed by atoms with Gasteiger partial charge in [0.05, 0.1) is 18.5 Å². The van der Waals surface area contributed by atoms with E-state index < -0.39 is 4.92 Å². The minimum atomic E-state index is -0.497. The van der Waals surface area contributed by atoms with Gasteiger partial charge in [0.25, 0.3) is 0 Å². The summed E-state index contributed by atoms with van der Waals surface area (Å²) in [6.45, 7) is 1.87. The molecular weight excluding hydrogens is 226 g/mol. The molecule has 0 aromatic carbocycles. The Balaban J connectivity index is 2.74. The van der Waals surface area contributed by atoms with Gasteiger partial charge in [-0.05, 0) is 13.0 Å². The van der Waals surface area contributed by atoms with Crippen LogP contribution < -0.4 is 5.32 Å². The number of pyridine rings is 1. The first kappa shape index (κ1) is 12.9. The van der Waals surface area contributed by atoms with Crippen molar-refractivity contribution in [3.63, 3.8) is 0 Å². The minimum Gasteiger partial charge on any atom is -0.469 e. The van der Waals surface area contributed by atoms with Gasteiger partial charge < -0.3 is 10.1 Å². The first-order valence-corrected chi connectivity index (χ1v) is 4.97. The summed E-state index contributed by atoms with van der Waals surface area (Å²) < 4.78 is 4.46. The van der Waals surface area contributed by atoms with Crippen LogP contribution in [0.5, 0.6) is 0 Å². The second-order valence-electron chi connectivity index (χ2n) is 3.34. The van der Waals surface area contributed by atoms with Crippen molar-refractivity contribution in [1.82, 2.24) is 4.98 Å². The topological polar surface area (TPSA) is 94.4 Å². The monoisotopic (exact) mass is 239 g/mol. The molecule has 0 spiro atoms. The summed E-state index contributed by atoms with van der Waals surface area (Å²) in [5.41, 5.74) is 0.447. The van der Waals surface area contributed by atoms with E-state index in [4.69, 9.17) is 0 Å². The number of hydrogen-bond acceptors (Lipinski definition) is 6. The Labute approximate surface area is 98.0 Å². The molecule has 1 aromatic heterocycles. The number of aromatic nitrogens is 1. The third-order valence-corrected chi connectivity index (χ3v) is 2.16. The van der Waals surface area contributed by atoms with E-state index in [1.807, 2.05) is 0 Å². The Kier molecular flexibility index (Phi) is 4.38. The van der Waals surface area contributed by atoms with Gasteiger partial charge in [-0.1, -0.05) is 0 Å². The normalized spacial score (nSPS) is 9.76. The van der Waals surface area contributed by atoms with Crippen molar-refractivity contribution >= 4 is 17.5 Å². The Morgan fingerprint density at radius 3 is 2.94 bits per heavy atom. The van der Waals surface area contributed by atoms with Crippen LogP contribution in [0.3, 0.4) is 0 Å². The predicted molar refractivity (Wildman–Crippen MR) is 60.8 cm³/mol. The van der Waals surface area contributed by atoms with Gasteiger partial charge in [-0.15, -0.1) is 0 Å². The van der Waals surface area contributed by atoms with Gasteiger partial charge in [-0.3, -0.25) is 14.9 Å². The highest BCUT2D eigenvalue weighted by atomic mass is 16.6. The number of aryl methyl sites for hydroxylation is 1. The van der Waals surface area contributed by atoms with Crippen LogP contribution in [0.2, 0.25) is 0 Å². The average molecular weight is 239 g/mol. The highest BCUT2D eigenvalue weighted by Gasteiger charge is 2.18. The van der Waals surface area contributed by atoms with E-state index in [1.165, 1.54) is 13.3 Å². The third-order valence-electron chi connectivity index (χ3n) is 2.16. The zero-order chi connectivity index (χ0) is 12.8. The van der Waals surface area contributed by atoms with Crippen molar-refractivity contribution in [2.45, 2.75) is 13.3 Å². The molecule has 1 N–H and O–H groups in total. The minimum absolute atomic E-state index is 0.0719. The van der Waals surface area contributed by atoms with Crippen molar-refractivity contribution in [2.75, 3.05) is 19.0 Å². The average Bonchev–Trinajstić information content (AvgIpc) is 2.28. The first-order chi connectivity index (χ1) is 8.06. The molecule has 92 valence electrons. The van der Waals surface area contributed by atoms with Gasteiger partial charge in [0.2, 0.25) is 5.82 Å². The quantitative estimate of drug-likeness (QED) is 0.472. The van der Waals surface area contributed by atoms with Crippen molar-refractivity contribution in [2.24, 2.45) is 0 Å². The van der Waals surface area contributed by atoms with Crippen molar-refractivity contribution in [1.29, 1.82) is 0 Å². The number of methoxy groups -OCH3 is 1. The van der Waals surface area contributed by atoms with Gasteiger partial charge in [-0.2, -0.15) is 0 Å². The van der Waals surface area contributed by atoms with E-state index in [2.05, 4.69) is 15.0 Å². The van der Waals surface area contributed by atoms with E-state index in [0.717, 1.165) is 0 Å². The maximum Gasteiger partial charge on any atom is 0.314 e. The number of rotatable bonds is 5. The highest BCUT2D eigenvalue weighted by Crippen LogP contribution is 2.25. The summed E-state index contributed by atoms with van der Waals surface area (Å²) >= 11 is 0. The number of anilines is 1. The Morgan fingerprint density at radius 1 is 1.65 bits per heavy atom. The Hall–Kier alpha value is -2.18. The SMILES string of the molecule is COC(=O)CCNc1nccc(C)c1[N+](=O)[O-]. The predicted octanol–water partition coefficient (Wildman–Crippen LogP) is 1.27. The van der Waals surface area contributed by atoms with E-state index in [9.17, 15) is 14.9 Å². The molecule has 0 amide bonds. The number of esters is 1. The number of carbonyl (C=O) groups is 1. The smallest absolute Gasteiger partial charge is 0.314 e. The molecule has 1 heterocycles. The number of nitrogens with one attached hydrogen (secondary N) is 1. The first-order valence-electron chi connectivity index (χ1n) is 4.97. The standard InChI is InChI=1S/C10H13N3O4/c1-7-3-5-11-10(9(7)13(15)16)12-6-4-8(14)17-2/h3,5H,4,6H2,1-2H3,(H,11,12). The van der Waals surface area contributed by atoms with Crippen LogP contribution in [-0.2, 0) is 9.53 Å². The lowest BCUT2D eigenvalue weighted by molar-refractivity contribution is -0.384. The second-order valence-corrected chi connectivity index (χ2v) is 3.34. The molecule has 0 saturated heterocycles. The summed E-state index contributed by atoms with van der Waals surface area (Å²) in [5.74, 6) is -0.216. The van der Waals surface area contributed by atoms with Crippen LogP contribution in [0.25, 0.3) is 0 Å². The molecule has 0 unspecified atom stereocenters. The summed E-state index contributed by atoms with van der Waals surface area (Å²) in [7, 11) is 1.29. The lowest BCUT2D eigenvalue weighted by Crippen LogP contribution is -2.12. The number of nitrogens with zero attached hydrogens (tertiary/aromatic N) is 2. The molecule has 0 atom stereocenters. The Morgan fingerprint density at radius 2 is 2.35 bits per heavy atom. The van der Waals surface area contributed by atoms with Crippen LogP contribution in [0.1, 0.15) is 12.0 Å². The molecule has 7 nitrogen and oxygen atoms in total. The molecule has 1 rings (SSSR count). The van der Waals surface area contributed by atoms with Gasteiger partial charge in [0.1, 0.15) is 0 Å². The summed E-state index contributed by atoms with van der Waals surface area (Å²) in [5, 5.41) is 13.6. The van der Waals surface area contributed by atoms with E-state index >= 15 is 0 Å². The van der Waals surface area contributed by atoms with Gasteiger partial charge >= 0.3 is 11.7 Å². The van der Waals surface area contributed by atoms with Crippen LogP contribution >= 0.6 is 0 Å². The molecule has 0 aliphatic heterocycles. The zero-order valence-electron chi connectivity index (χ0n) is 9.60. The lowest BCUT2D eigenvalue weighted by atomic mass is 10.2. The summed E-state index contributed by atoms with van der Waals surface area (Å²) in [6, 6.07) is 1.56. The molecule has 0 bridgehead atoms. The largest absolute Gasteiger partial charge is 0.469 e. The number of hydrogen-bond donors (Lipinski definition) is 1. The summed E-state index contributed by atoms with van der Waals surface area (Å²) in [6.07, 6.45) is 1.60. The second kappa shape index (κ2) is 5.78. The Bertz CT molecular complexity index is 434. The molecule has 0 aliphatic carbocycles. The zero-order valence-corrected chi connectivity index (χ0v) is 9.60. The third kappa shape index (κ3) is 3.40.